The maximum atomic E-state index is 12.3. The third kappa shape index (κ3) is 3.53. The monoisotopic (exact) mass is 369 g/mol. The Kier molecular flexibility index (Phi) is 4.49. The molecular formula is C13H12BrN3O3S. The van der Waals surface area contributed by atoms with Crippen molar-refractivity contribution in [1.29, 1.82) is 0 Å². The SMILES string of the molecule is N/C(=N/O)c1cc(Br)ccc1NS(=O)(=O)c1ccccc1. The summed E-state index contributed by atoms with van der Waals surface area (Å²) in [6.45, 7) is 0. The Morgan fingerprint density at radius 2 is 1.86 bits per heavy atom. The van der Waals surface area contributed by atoms with Gasteiger partial charge in [-0.15, -0.1) is 0 Å². The zero-order chi connectivity index (χ0) is 15.5. The van der Waals surface area contributed by atoms with Crippen molar-refractivity contribution in [3.8, 4) is 0 Å². The molecule has 0 saturated carbocycles. The van der Waals surface area contributed by atoms with Crippen LogP contribution >= 0.6 is 15.9 Å². The molecule has 21 heavy (non-hydrogen) atoms. The molecule has 0 bridgehead atoms. The van der Waals surface area contributed by atoms with Crippen molar-refractivity contribution in [3.05, 3.63) is 58.6 Å². The van der Waals surface area contributed by atoms with Crippen molar-refractivity contribution >= 4 is 37.5 Å². The smallest absolute Gasteiger partial charge is 0.261 e. The van der Waals surface area contributed by atoms with Crippen molar-refractivity contribution in [3.63, 3.8) is 0 Å². The molecule has 0 aliphatic rings. The maximum absolute atomic E-state index is 12.3. The van der Waals surface area contributed by atoms with Gasteiger partial charge in [0, 0.05) is 10.0 Å². The molecule has 0 unspecified atom stereocenters. The highest BCUT2D eigenvalue weighted by molar-refractivity contribution is 9.10. The van der Waals surface area contributed by atoms with Crippen LogP contribution in [-0.2, 0) is 10.0 Å². The van der Waals surface area contributed by atoms with Gasteiger partial charge >= 0.3 is 0 Å². The lowest BCUT2D eigenvalue weighted by Gasteiger charge is -2.12. The Morgan fingerprint density at radius 1 is 1.19 bits per heavy atom. The Morgan fingerprint density at radius 3 is 2.48 bits per heavy atom. The van der Waals surface area contributed by atoms with Crippen LogP contribution < -0.4 is 10.5 Å². The predicted molar refractivity (Wildman–Crippen MR) is 83.9 cm³/mol. The number of anilines is 1. The normalized spacial score (nSPS) is 12.1. The molecule has 0 aromatic heterocycles. The minimum absolute atomic E-state index is 0.123. The molecule has 0 saturated heterocycles. The van der Waals surface area contributed by atoms with Gasteiger partial charge in [-0.05, 0) is 30.3 Å². The first kappa shape index (κ1) is 15.3. The molecule has 2 aromatic rings. The van der Waals surface area contributed by atoms with Crippen LogP contribution in [-0.4, -0.2) is 19.5 Å². The Hall–Kier alpha value is -2.06. The van der Waals surface area contributed by atoms with Crippen LogP contribution in [0.5, 0.6) is 0 Å². The van der Waals surface area contributed by atoms with Crippen molar-refractivity contribution in [2.45, 2.75) is 4.90 Å². The largest absolute Gasteiger partial charge is 0.409 e. The lowest BCUT2D eigenvalue weighted by atomic mass is 10.2. The van der Waals surface area contributed by atoms with E-state index in [1.54, 1.807) is 30.3 Å². The van der Waals surface area contributed by atoms with Crippen LogP contribution in [0, 0.1) is 0 Å². The van der Waals surface area contributed by atoms with Crippen molar-refractivity contribution in [2.24, 2.45) is 10.9 Å². The minimum Gasteiger partial charge on any atom is -0.409 e. The topological polar surface area (TPSA) is 105 Å². The van der Waals surface area contributed by atoms with Crippen LogP contribution in [0.4, 0.5) is 5.69 Å². The summed E-state index contributed by atoms with van der Waals surface area (Å²) in [4.78, 5) is 0.123. The van der Waals surface area contributed by atoms with Gasteiger partial charge in [0.05, 0.1) is 10.6 Å². The van der Waals surface area contributed by atoms with Crippen molar-refractivity contribution in [1.82, 2.24) is 0 Å². The number of oxime groups is 1. The van der Waals surface area contributed by atoms with Gasteiger partial charge in [-0.1, -0.05) is 39.3 Å². The molecular weight excluding hydrogens is 358 g/mol. The van der Waals surface area contributed by atoms with Gasteiger partial charge in [0.15, 0.2) is 5.84 Å². The van der Waals surface area contributed by atoms with Crippen LogP contribution in [0.25, 0.3) is 0 Å². The van der Waals surface area contributed by atoms with Gasteiger partial charge in [0.25, 0.3) is 10.0 Å². The van der Waals surface area contributed by atoms with Crippen molar-refractivity contribution in [2.75, 3.05) is 4.72 Å². The molecule has 0 spiro atoms. The Labute approximate surface area is 130 Å². The molecule has 0 atom stereocenters. The second kappa shape index (κ2) is 6.15. The van der Waals surface area contributed by atoms with E-state index in [4.69, 9.17) is 10.9 Å². The van der Waals surface area contributed by atoms with E-state index in [1.165, 1.54) is 18.2 Å². The molecule has 0 radical (unpaired) electrons. The minimum atomic E-state index is -3.75. The predicted octanol–water partition coefficient (Wildman–Crippen LogP) is 2.34. The average molecular weight is 370 g/mol. The van der Waals surface area contributed by atoms with Gasteiger partial charge in [-0.3, -0.25) is 4.72 Å². The molecule has 4 N–H and O–H groups in total. The first-order valence-corrected chi connectivity index (χ1v) is 8.07. The van der Waals surface area contributed by atoms with Crippen LogP contribution in [0.1, 0.15) is 5.56 Å². The van der Waals surface area contributed by atoms with E-state index < -0.39 is 10.0 Å². The molecule has 0 heterocycles. The van der Waals surface area contributed by atoms with E-state index in [2.05, 4.69) is 25.8 Å². The van der Waals surface area contributed by atoms with Gasteiger partial charge in [-0.25, -0.2) is 8.42 Å². The number of hydrogen-bond acceptors (Lipinski definition) is 4. The summed E-state index contributed by atoms with van der Waals surface area (Å²) in [5.41, 5.74) is 6.06. The fourth-order valence-corrected chi connectivity index (χ4v) is 3.14. The van der Waals surface area contributed by atoms with E-state index in [0.29, 0.717) is 4.47 Å². The summed E-state index contributed by atoms with van der Waals surface area (Å²) in [5, 5.41) is 11.7. The number of hydrogen-bond donors (Lipinski definition) is 3. The third-order valence-corrected chi connectivity index (χ3v) is 4.54. The third-order valence-electron chi connectivity index (χ3n) is 2.66. The average Bonchev–Trinajstić information content (AvgIpc) is 2.49. The molecule has 8 heteroatoms. The van der Waals surface area contributed by atoms with Gasteiger partial charge < -0.3 is 10.9 Å². The number of amidine groups is 1. The Balaban J connectivity index is 2.45. The maximum Gasteiger partial charge on any atom is 0.261 e. The summed E-state index contributed by atoms with van der Waals surface area (Å²) in [6, 6.07) is 12.7. The Bertz CT molecular complexity index is 777. The number of benzene rings is 2. The van der Waals surface area contributed by atoms with Crippen LogP contribution in [0.3, 0.4) is 0 Å². The first-order chi connectivity index (χ1) is 9.94. The number of nitrogens with zero attached hydrogens (tertiary/aromatic N) is 1. The fraction of sp³-hybridized carbons (Fsp3) is 0. The molecule has 0 aliphatic heterocycles. The van der Waals surface area contributed by atoms with E-state index >= 15 is 0 Å². The van der Waals surface area contributed by atoms with Crippen LogP contribution in [0.15, 0.2) is 63.1 Å². The number of sulfonamides is 1. The number of nitrogens with one attached hydrogen (secondary N) is 1. The summed E-state index contributed by atoms with van der Waals surface area (Å²) in [5.74, 6) is -0.193. The second-order valence-electron chi connectivity index (χ2n) is 4.09. The quantitative estimate of drug-likeness (QED) is 0.333. The zero-order valence-electron chi connectivity index (χ0n) is 10.7. The number of nitrogens with two attached hydrogens (primary N) is 1. The van der Waals surface area contributed by atoms with Gasteiger partial charge in [0.2, 0.25) is 0 Å². The number of rotatable bonds is 4. The molecule has 2 rings (SSSR count). The highest BCUT2D eigenvalue weighted by Gasteiger charge is 2.17. The van der Waals surface area contributed by atoms with Crippen LogP contribution in [0.2, 0.25) is 0 Å². The fourth-order valence-electron chi connectivity index (χ4n) is 1.67. The summed E-state index contributed by atoms with van der Waals surface area (Å²) in [7, 11) is -3.75. The highest BCUT2D eigenvalue weighted by atomic mass is 79.9. The second-order valence-corrected chi connectivity index (χ2v) is 6.69. The lowest BCUT2D eigenvalue weighted by molar-refractivity contribution is 0.318. The van der Waals surface area contributed by atoms with Crippen molar-refractivity contribution < 1.29 is 13.6 Å². The summed E-state index contributed by atoms with van der Waals surface area (Å²) >= 11 is 3.25. The molecule has 6 nitrogen and oxygen atoms in total. The van der Waals surface area contributed by atoms with E-state index in [9.17, 15) is 8.42 Å². The van der Waals surface area contributed by atoms with E-state index in [-0.39, 0.29) is 22.0 Å². The molecule has 0 fully saturated rings. The first-order valence-electron chi connectivity index (χ1n) is 5.79. The standard InChI is InChI=1S/C13H12BrN3O3S/c14-9-6-7-12(11(8-9)13(15)16-18)17-21(19,20)10-4-2-1-3-5-10/h1-8,17-18H,(H2,15,16). The molecule has 2 aromatic carbocycles. The summed E-state index contributed by atoms with van der Waals surface area (Å²) < 4.78 is 27.7. The lowest BCUT2D eigenvalue weighted by Crippen LogP contribution is -2.19. The van der Waals surface area contributed by atoms with E-state index in [1.807, 2.05) is 0 Å². The van der Waals surface area contributed by atoms with E-state index in [0.717, 1.165) is 0 Å². The molecule has 0 amide bonds. The van der Waals surface area contributed by atoms with Gasteiger partial charge in [-0.2, -0.15) is 0 Å². The summed E-state index contributed by atoms with van der Waals surface area (Å²) in [6.07, 6.45) is 0. The highest BCUT2D eigenvalue weighted by Crippen LogP contribution is 2.23. The number of halogens is 1. The zero-order valence-corrected chi connectivity index (χ0v) is 13.1. The molecule has 0 aliphatic carbocycles. The van der Waals surface area contributed by atoms with Gasteiger partial charge in [0.1, 0.15) is 0 Å². The molecule has 110 valence electrons.